The maximum Gasteiger partial charge on any atom is 0.0940 e. The van der Waals surface area contributed by atoms with Gasteiger partial charge in [0.2, 0.25) is 0 Å². The third kappa shape index (κ3) is 2.43. The second kappa shape index (κ2) is 5.05. The summed E-state index contributed by atoms with van der Waals surface area (Å²) in [7, 11) is 0. The Kier molecular flexibility index (Phi) is 3.91. The molecule has 0 aliphatic heterocycles. The first kappa shape index (κ1) is 12.4. The molecule has 2 aliphatic carbocycles. The highest BCUT2D eigenvalue weighted by Gasteiger charge is 2.58. The molecule has 0 bridgehead atoms. The summed E-state index contributed by atoms with van der Waals surface area (Å²) in [6.07, 6.45) is 9.86. The highest BCUT2D eigenvalue weighted by Crippen LogP contribution is 2.52. The molecule has 0 aromatic rings. The molecular weight excluding hydrogens is 200 g/mol. The van der Waals surface area contributed by atoms with Gasteiger partial charge in [-0.3, -0.25) is 0 Å². The van der Waals surface area contributed by atoms with Crippen molar-refractivity contribution >= 4 is 0 Å². The van der Waals surface area contributed by atoms with Crippen molar-refractivity contribution in [2.75, 3.05) is 0 Å². The molecule has 0 amide bonds. The van der Waals surface area contributed by atoms with Crippen LogP contribution in [0.5, 0.6) is 0 Å². The zero-order valence-corrected chi connectivity index (χ0v) is 10.5. The lowest BCUT2D eigenvalue weighted by Gasteiger charge is -2.30. The molecule has 2 N–H and O–H groups in total. The highest BCUT2D eigenvalue weighted by atomic mass is 16.3. The Morgan fingerprint density at radius 1 is 1.25 bits per heavy atom. The number of aliphatic hydroxyl groups is 2. The van der Waals surface area contributed by atoms with Crippen LogP contribution in [-0.4, -0.2) is 21.9 Å². The number of rotatable bonds is 5. The SMILES string of the molecule is CCCC[C@H]1C[C@@]1(O)[C@H](O)C1CCCCC1. The average Bonchev–Trinajstić information content (AvgIpc) is 2.99. The van der Waals surface area contributed by atoms with Crippen molar-refractivity contribution in [1.29, 1.82) is 0 Å². The first-order valence-electron chi connectivity index (χ1n) is 7.09. The minimum atomic E-state index is -0.711. The standard InChI is InChI=1S/C14H26O2/c1-2-3-9-12-10-14(12,16)13(15)11-7-5-4-6-8-11/h11-13,15-16H,2-10H2,1H3/t12-,13+,14-/m0/s1. The van der Waals surface area contributed by atoms with Crippen molar-refractivity contribution < 1.29 is 10.2 Å². The minimum Gasteiger partial charge on any atom is -0.390 e. The quantitative estimate of drug-likeness (QED) is 0.756. The fourth-order valence-corrected chi connectivity index (χ4v) is 3.36. The van der Waals surface area contributed by atoms with Crippen LogP contribution in [-0.2, 0) is 0 Å². The molecule has 0 saturated heterocycles. The van der Waals surface area contributed by atoms with Crippen molar-refractivity contribution in [3.05, 3.63) is 0 Å². The van der Waals surface area contributed by atoms with Crippen molar-refractivity contribution in [2.24, 2.45) is 11.8 Å². The highest BCUT2D eigenvalue weighted by molar-refractivity contribution is 5.09. The van der Waals surface area contributed by atoms with E-state index >= 15 is 0 Å². The molecule has 2 aliphatic rings. The first-order chi connectivity index (χ1) is 7.68. The summed E-state index contributed by atoms with van der Waals surface area (Å²) in [5.41, 5.74) is -0.711. The molecule has 0 heterocycles. The maximum atomic E-state index is 10.4. The van der Waals surface area contributed by atoms with Gasteiger partial charge in [0.25, 0.3) is 0 Å². The van der Waals surface area contributed by atoms with Crippen molar-refractivity contribution in [3.8, 4) is 0 Å². The average molecular weight is 226 g/mol. The van der Waals surface area contributed by atoms with E-state index in [2.05, 4.69) is 6.92 Å². The lowest BCUT2D eigenvalue weighted by atomic mass is 9.82. The number of aliphatic hydroxyl groups excluding tert-OH is 1. The molecule has 94 valence electrons. The minimum absolute atomic E-state index is 0.366. The molecule has 0 spiro atoms. The van der Waals surface area contributed by atoms with Crippen LogP contribution in [0.1, 0.15) is 64.7 Å². The molecule has 2 heteroatoms. The molecular formula is C14H26O2. The van der Waals surface area contributed by atoms with E-state index in [1.165, 1.54) is 32.1 Å². The van der Waals surface area contributed by atoms with Crippen LogP contribution in [0.3, 0.4) is 0 Å². The van der Waals surface area contributed by atoms with E-state index in [1.54, 1.807) is 0 Å². The van der Waals surface area contributed by atoms with E-state index in [9.17, 15) is 10.2 Å². The van der Waals surface area contributed by atoms with E-state index < -0.39 is 11.7 Å². The van der Waals surface area contributed by atoms with Gasteiger partial charge in [-0.05, 0) is 37.5 Å². The van der Waals surface area contributed by atoms with Crippen LogP contribution < -0.4 is 0 Å². The molecule has 16 heavy (non-hydrogen) atoms. The van der Waals surface area contributed by atoms with Crippen molar-refractivity contribution in [3.63, 3.8) is 0 Å². The summed E-state index contributed by atoms with van der Waals surface area (Å²) in [5.74, 6) is 0.745. The van der Waals surface area contributed by atoms with E-state index in [4.69, 9.17) is 0 Å². The van der Waals surface area contributed by atoms with Crippen molar-refractivity contribution in [2.45, 2.75) is 76.4 Å². The molecule has 2 fully saturated rings. The van der Waals surface area contributed by atoms with Gasteiger partial charge in [0.15, 0.2) is 0 Å². The Hall–Kier alpha value is -0.0800. The van der Waals surface area contributed by atoms with Crippen LogP contribution in [0.4, 0.5) is 0 Å². The fourth-order valence-electron chi connectivity index (χ4n) is 3.36. The van der Waals surface area contributed by atoms with Gasteiger partial charge in [-0.1, -0.05) is 39.0 Å². The largest absolute Gasteiger partial charge is 0.390 e. The van der Waals surface area contributed by atoms with Gasteiger partial charge in [-0.15, -0.1) is 0 Å². The third-order valence-electron chi connectivity index (χ3n) is 4.63. The molecule has 2 saturated carbocycles. The topological polar surface area (TPSA) is 40.5 Å². The van der Waals surface area contributed by atoms with Gasteiger partial charge >= 0.3 is 0 Å². The van der Waals surface area contributed by atoms with Gasteiger partial charge in [0, 0.05) is 0 Å². The smallest absolute Gasteiger partial charge is 0.0940 e. The lowest BCUT2D eigenvalue weighted by Crippen LogP contribution is -2.38. The molecule has 0 radical (unpaired) electrons. The summed E-state index contributed by atoms with van der Waals surface area (Å²) in [6.45, 7) is 2.18. The first-order valence-corrected chi connectivity index (χ1v) is 7.09. The van der Waals surface area contributed by atoms with Gasteiger partial charge < -0.3 is 10.2 Å². The van der Waals surface area contributed by atoms with Crippen LogP contribution in [0.15, 0.2) is 0 Å². The predicted octanol–water partition coefficient (Wildman–Crippen LogP) is 2.87. The van der Waals surface area contributed by atoms with E-state index in [0.717, 1.165) is 25.7 Å². The summed E-state index contributed by atoms with van der Waals surface area (Å²) in [5, 5.41) is 20.7. The Balaban J connectivity index is 1.82. The normalized spacial score (nSPS) is 37.3. The lowest BCUT2D eigenvalue weighted by molar-refractivity contribution is -0.0538. The molecule has 2 rings (SSSR count). The second-order valence-electron chi connectivity index (χ2n) is 5.88. The Bertz CT molecular complexity index is 223. The second-order valence-corrected chi connectivity index (χ2v) is 5.88. The molecule has 0 aromatic carbocycles. The van der Waals surface area contributed by atoms with Crippen molar-refractivity contribution in [1.82, 2.24) is 0 Å². The Morgan fingerprint density at radius 3 is 2.56 bits per heavy atom. The van der Waals surface area contributed by atoms with E-state index in [0.29, 0.717) is 11.8 Å². The Labute approximate surface area is 99.1 Å². The predicted molar refractivity (Wildman–Crippen MR) is 65.2 cm³/mol. The number of hydrogen-bond acceptors (Lipinski definition) is 2. The monoisotopic (exact) mass is 226 g/mol. The fraction of sp³-hybridized carbons (Fsp3) is 1.00. The van der Waals surface area contributed by atoms with E-state index in [1.807, 2.05) is 0 Å². The zero-order valence-electron chi connectivity index (χ0n) is 10.5. The summed E-state index contributed by atoms with van der Waals surface area (Å²) < 4.78 is 0. The van der Waals surface area contributed by atoms with Crippen LogP contribution in [0.2, 0.25) is 0 Å². The van der Waals surface area contributed by atoms with Crippen LogP contribution in [0.25, 0.3) is 0 Å². The third-order valence-corrected chi connectivity index (χ3v) is 4.63. The van der Waals surface area contributed by atoms with Gasteiger partial charge in [-0.25, -0.2) is 0 Å². The molecule has 3 atom stereocenters. The summed E-state index contributed by atoms with van der Waals surface area (Å²) in [6, 6.07) is 0. The Morgan fingerprint density at radius 2 is 1.94 bits per heavy atom. The molecule has 2 nitrogen and oxygen atoms in total. The maximum absolute atomic E-state index is 10.4. The van der Waals surface area contributed by atoms with Gasteiger partial charge in [0.1, 0.15) is 0 Å². The molecule has 0 unspecified atom stereocenters. The number of unbranched alkanes of at least 4 members (excludes halogenated alkanes) is 1. The van der Waals surface area contributed by atoms with Crippen LogP contribution >= 0.6 is 0 Å². The summed E-state index contributed by atoms with van der Waals surface area (Å²) in [4.78, 5) is 0. The van der Waals surface area contributed by atoms with Gasteiger partial charge in [-0.2, -0.15) is 0 Å². The zero-order chi connectivity index (χ0) is 11.6. The molecule has 0 aromatic heterocycles. The van der Waals surface area contributed by atoms with E-state index in [-0.39, 0.29) is 0 Å². The summed E-state index contributed by atoms with van der Waals surface area (Å²) >= 11 is 0. The van der Waals surface area contributed by atoms with Gasteiger partial charge in [0.05, 0.1) is 11.7 Å². The number of hydrogen-bond donors (Lipinski definition) is 2. The van der Waals surface area contributed by atoms with Crippen LogP contribution in [0, 0.1) is 11.8 Å².